The van der Waals surface area contributed by atoms with Gasteiger partial charge in [0, 0.05) is 11.1 Å². The minimum absolute atomic E-state index is 0.0978. The van der Waals surface area contributed by atoms with Crippen LogP contribution >= 0.6 is 0 Å². The number of hydrogen-bond acceptors (Lipinski definition) is 11. The second kappa shape index (κ2) is 15.1. The third kappa shape index (κ3) is 7.19. The van der Waals surface area contributed by atoms with Gasteiger partial charge in [0.15, 0.2) is 25.2 Å². The van der Waals surface area contributed by atoms with E-state index < -0.39 is 79.9 Å². The van der Waals surface area contributed by atoms with Crippen LogP contribution in [0, 0.1) is 0 Å². The maximum absolute atomic E-state index is 13.6. The maximum atomic E-state index is 13.6. The Labute approximate surface area is 267 Å². The SMILES string of the molecule is C=CCO[C@H]1O[C@@H]2COC(c3ccccc3)O[C@H]2[C@H](O)[C@H]1NC(=O)N[C@H]1[C@@H](OCC=C)O[C@@H]2COC(c3ccccc3)O[C@H]2[C@@H]1O. The minimum atomic E-state index is -1.25. The highest BCUT2D eigenvalue weighted by atomic mass is 16.8. The summed E-state index contributed by atoms with van der Waals surface area (Å²) in [5.74, 6) is 0. The fourth-order valence-corrected chi connectivity index (χ4v) is 6.01. The molecule has 0 aliphatic carbocycles. The topological polar surface area (TPSA) is 155 Å². The molecule has 0 aromatic heterocycles. The molecule has 6 rings (SSSR count). The molecule has 0 saturated carbocycles. The second-order valence-electron chi connectivity index (χ2n) is 11.3. The Balaban J connectivity index is 1.16. The molecule has 46 heavy (non-hydrogen) atoms. The lowest BCUT2D eigenvalue weighted by Crippen LogP contribution is -2.70. The average molecular weight is 641 g/mol. The number of benzene rings is 2. The summed E-state index contributed by atoms with van der Waals surface area (Å²) >= 11 is 0. The summed E-state index contributed by atoms with van der Waals surface area (Å²) in [5, 5.41) is 28.5. The molecule has 2 amide bonds. The van der Waals surface area contributed by atoms with Crippen molar-refractivity contribution in [3.8, 4) is 0 Å². The largest absolute Gasteiger partial charge is 0.388 e. The van der Waals surface area contributed by atoms with Crippen molar-refractivity contribution in [3.63, 3.8) is 0 Å². The van der Waals surface area contributed by atoms with Crippen molar-refractivity contribution in [3.05, 3.63) is 97.1 Å². The smallest absolute Gasteiger partial charge is 0.315 e. The summed E-state index contributed by atoms with van der Waals surface area (Å²) in [4.78, 5) is 13.6. The molecule has 12 atom stereocenters. The van der Waals surface area contributed by atoms with E-state index in [2.05, 4.69) is 23.8 Å². The molecule has 4 fully saturated rings. The van der Waals surface area contributed by atoms with Gasteiger partial charge >= 0.3 is 6.03 Å². The Morgan fingerprint density at radius 2 is 1.13 bits per heavy atom. The third-order valence-electron chi connectivity index (χ3n) is 8.23. The van der Waals surface area contributed by atoms with Gasteiger partial charge in [0.1, 0.15) is 48.7 Å². The Bertz CT molecular complexity index is 1210. The molecule has 4 N–H and O–H groups in total. The van der Waals surface area contributed by atoms with Gasteiger partial charge in [-0.3, -0.25) is 0 Å². The third-order valence-corrected chi connectivity index (χ3v) is 8.23. The van der Waals surface area contributed by atoms with Crippen LogP contribution in [-0.4, -0.2) is 104 Å². The Hall–Kier alpha value is -3.21. The van der Waals surface area contributed by atoms with Crippen molar-refractivity contribution >= 4 is 6.03 Å². The van der Waals surface area contributed by atoms with Crippen molar-refractivity contribution in [2.45, 2.75) is 73.9 Å². The van der Waals surface area contributed by atoms with Gasteiger partial charge < -0.3 is 58.7 Å². The lowest BCUT2D eigenvalue weighted by molar-refractivity contribution is -0.344. The first-order valence-corrected chi connectivity index (χ1v) is 15.3. The van der Waals surface area contributed by atoms with Crippen LogP contribution in [0.1, 0.15) is 23.7 Å². The molecule has 0 bridgehead atoms. The highest BCUT2D eigenvalue weighted by molar-refractivity contribution is 5.75. The molecular formula is C33H40N2O11. The fourth-order valence-electron chi connectivity index (χ4n) is 6.01. The summed E-state index contributed by atoms with van der Waals surface area (Å²) in [7, 11) is 0. The number of aliphatic hydroxyl groups excluding tert-OH is 2. The van der Waals surface area contributed by atoms with Gasteiger partial charge in [0.2, 0.25) is 0 Å². The fraction of sp³-hybridized carbons (Fsp3) is 0.485. The van der Waals surface area contributed by atoms with Crippen molar-refractivity contribution in [2.75, 3.05) is 26.4 Å². The van der Waals surface area contributed by atoms with Gasteiger partial charge in [0.25, 0.3) is 0 Å². The summed E-state index contributed by atoms with van der Waals surface area (Å²) in [6.45, 7) is 7.82. The van der Waals surface area contributed by atoms with Gasteiger partial charge in [-0.15, -0.1) is 13.2 Å². The first kappa shape index (κ1) is 32.7. The number of carbonyl (C=O) groups is 1. The van der Waals surface area contributed by atoms with E-state index >= 15 is 0 Å². The highest BCUT2D eigenvalue weighted by Gasteiger charge is 2.53. The first-order chi connectivity index (χ1) is 22.5. The van der Waals surface area contributed by atoms with Crippen LogP contribution < -0.4 is 10.6 Å². The van der Waals surface area contributed by atoms with Crippen LogP contribution in [0.3, 0.4) is 0 Å². The van der Waals surface area contributed by atoms with Crippen LogP contribution in [0.4, 0.5) is 4.79 Å². The van der Waals surface area contributed by atoms with E-state index in [0.717, 1.165) is 11.1 Å². The number of hydrogen-bond donors (Lipinski definition) is 4. The van der Waals surface area contributed by atoms with Crippen LogP contribution in [0.2, 0.25) is 0 Å². The van der Waals surface area contributed by atoms with Gasteiger partial charge in [0.05, 0.1) is 26.4 Å². The zero-order valence-corrected chi connectivity index (χ0v) is 25.2. The van der Waals surface area contributed by atoms with Crippen molar-refractivity contribution in [1.82, 2.24) is 10.6 Å². The van der Waals surface area contributed by atoms with Crippen LogP contribution in [0.5, 0.6) is 0 Å². The molecule has 4 aliphatic rings. The predicted molar refractivity (Wildman–Crippen MR) is 161 cm³/mol. The zero-order chi connectivity index (χ0) is 32.0. The van der Waals surface area contributed by atoms with E-state index in [1.807, 2.05) is 60.7 Å². The highest BCUT2D eigenvalue weighted by Crippen LogP contribution is 2.36. The summed E-state index contributed by atoms with van der Waals surface area (Å²) < 4.78 is 47.8. The number of aliphatic hydroxyl groups is 2. The number of ether oxygens (including phenoxy) is 8. The molecule has 2 aromatic rings. The summed E-state index contributed by atoms with van der Waals surface area (Å²) in [5.41, 5.74) is 1.56. The molecule has 4 heterocycles. The Kier molecular flexibility index (Phi) is 10.8. The first-order valence-electron chi connectivity index (χ1n) is 15.3. The van der Waals surface area contributed by atoms with E-state index in [-0.39, 0.29) is 26.4 Å². The summed E-state index contributed by atoms with van der Waals surface area (Å²) in [6.07, 6.45) is -6.01. The van der Waals surface area contributed by atoms with Gasteiger partial charge in [-0.2, -0.15) is 0 Å². The normalized spacial score (nSPS) is 37.3. The minimum Gasteiger partial charge on any atom is -0.388 e. The lowest BCUT2D eigenvalue weighted by Gasteiger charge is -2.49. The number of amides is 2. The Morgan fingerprint density at radius 3 is 1.52 bits per heavy atom. The molecular weight excluding hydrogens is 600 g/mol. The van der Waals surface area contributed by atoms with Crippen molar-refractivity contribution in [1.29, 1.82) is 0 Å². The van der Waals surface area contributed by atoms with Gasteiger partial charge in [-0.1, -0.05) is 72.8 Å². The quantitative estimate of drug-likeness (QED) is 0.281. The van der Waals surface area contributed by atoms with Crippen molar-refractivity contribution in [2.24, 2.45) is 0 Å². The van der Waals surface area contributed by atoms with E-state index in [4.69, 9.17) is 37.9 Å². The van der Waals surface area contributed by atoms with E-state index in [9.17, 15) is 15.0 Å². The average Bonchev–Trinajstić information content (AvgIpc) is 3.09. The molecule has 13 heteroatoms. The monoisotopic (exact) mass is 640 g/mol. The maximum Gasteiger partial charge on any atom is 0.315 e. The number of fused-ring (bicyclic) bond motifs is 2. The molecule has 248 valence electrons. The number of carbonyl (C=O) groups excluding carboxylic acids is 1. The van der Waals surface area contributed by atoms with Gasteiger partial charge in [-0.05, 0) is 0 Å². The van der Waals surface area contributed by atoms with E-state index in [1.54, 1.807) is 0 Å². The van der Waals surface area contributed by atoms with Crippen molar-refractivity contribution < 1.29 is 52.9 Å². The number of urea groups is 1. The molecule has 2 aromatic carbocycles. The van der Waals surface area contributed by atoms with E-state index in [1.165, 1.54) is 12.2 Å². The Morgan fingerprint density at radius 1 is 0.717 bits per heavy atom. The lowest BCUT2D eigenvalue weighted by atomic mass is 9.95. The molecule has 4 saturated heterocycles. The molecule has 4 aliphatic heterocycles. The molecule has 13 nitrogen and oxygen atoms in total. The van der Waals surface area contributed by atoms with Crippen LogP contribution in [-0.2, 0) is 37.9 Å². The zero-order valence-electron chi connectivity index (χ0n) is 25.2. The number of nitrogens with one attached hydrogen (secondary N) is 2. The standard InChI is InChI=1S/C33H40N2O11/c1-3-15-39-31-23(25(36)27-21(43-31)17-41-29(45-27)19-11-7-5-8-12-19)34-33(38)35-24-26(37)28-22(44-32(24)40-16-4-2)18-42-30(46-28)20-13-9-6-10-14-20/h3-14,21-32,36-37H,1-2,15-18H2,(H2,34,35,38)/t21-,22-,23-,24-,25-,26-,27-,28-,29?,30?,31+,32+/m1/s1. The van der Waals surface area contributed by atoms with Gasteiger partial charge in [-0.25, -0.2) is 4.79 Å². The number of rotatable bonds is 10. The molecule has 0 radical (unpaired) electrons. The van der Waals surface area contributed by atoms with Crippen LogP contribution in [0.15, 0.2) is 86.0 Å². The summed E-state index contributed by atoms with van der Waals surface area (Å²) in [6, 6.07) is 15.8. The molecule has 0 spiro atoms. The predicted octanol–water partition coefficient (Wildman–Crippen LogP) is 1.83. The second-order valence-corrected chi connectivity index (χ2v) is 11.3. The molecule has 2 unspecified atom stereocenters. The van der Waals surface area contributed by atoms with E-state index in [0.29, 0.717) is 0 Å². The van der Waals surface area contributed by atoms with Crippen LogP contribution in [0.25, 0.3) is 0 Å².